The second-order valence-electron chi connectivity index (χ2n) is 5.74. The minimum Gasteiger partial charge on any atom is -0.354 e. The highest BCUT2D eigenvalue weighted by Gasteiger charge is 2.28. The maximum absolute atomic E-state index is 13.1. The van der Waals surface area contributed by atoms with Crippen LogP contribution < -0.4 is 9.62 Å². The molecule has 2 rings (SSSR count). The summed E-state index contributed by atoms with van der Waals surface area (Å²) in [6.45, 7) is 1.90. The van der Waals surface area contributed by atoms with Gasteiger partial charge in [-0.15, -0.1) is 0 Å². The van der Waals surface area contributed by atoms with Crippen LogP contribution in [0.3, 0.4) is 0 Å². The largest absolute Gasteiger partial charge is 0.354 e. The zero-order chi connectivity index (χ0) is 18.4. The Balaban J connectivity index is 2.06. The van der Waals surface area contributed by atoms with Crippen LogP contribution in [-0.2, 0) is 21.2 Å². The number of carbonyl (C=O) groups is 1. The van der Waals surface area contributed by atoms with Crippen LogP contribution in [0.15, 0.2) is 54.6 Å². The predicted octanol–water partition coefficient (Wildman–Crippen LogP) is 2.34. The molecule has 0 aliphatic rings. The average Bonchev–Trinajstić information content (AvgIpc) is 2.56. The monoisotopic (exact) mass is 364 g/mol. The van der Waals surface area contributed by atoms with E-state index in [1.165, 1.54) is 19.1 Å². The maximum Gasteiger partial charge on any atom is 0.243 e. The van der Waals surface area contributed by atoms with E-state index in [0.29, 0.717) is 13.0 Å². The van der Waals surface area contributed by atoms with Gasteiger partial charge >= 0.3 is 0 Å². The average molecular weight is 364 g/mol. The number of benzene rings is 2. The Morgan fingerprint density at radius 3 is 2.28 bits per heavy atom. The number of sulfonamides is 1. The SMILES string of the molecule is C[C@@H](C(=O)NCCc1ccccc1)N(c1ccc(F)cc1)S(C)(=O)=O. The number of anilines is 1. The van der Waals surface area contributed by atoms with Crippen LogP contribution in [0.4, 0.5) is 10.1 Å². The third-order valence-electron chi connectivity index (χ3n) is 3.73. The fraction of sp³-hybridized carbons (Fsp3) is 0.278. The van der Waals surface area contributed by atoms with E-state index in [0.717, 1.165) is 28.3 Å². The van der Waals surface area contributed by atoms with Crippen molar-refractivity contribution in [1.29, 1.82) is 0 Å². The fourth-order valence-corrected chi connectivity index (χ4v) is 3.69. The van der Waals surface area contributed by atoms with E-state index in [-0.39, 0.29) is 5.69 Å². The van der Waals surface area contributed by atoms with Gasteiger partial charge in [-0.05, 0) is 43.2 Å². The lowest BCUT2D eigenvalue weighted by atomic mass is 10.1. The summed E-state index contributed by atoms with van der Waals surface area (Å²) in [7, 11) is -3.70. The Hall–Kier alpha value is -2.41. The van der Waals surface area contributed by atoms with Crippen LogP contribution in [0.5, 0.6) is 0 Å². The Morgan fingerprint density at radius 1 is 1.12 bits per heavy atom. The lowest BCUT2D eigenvalue weighted by Gasteiger charge is -2.28. The van der Waals surface area contributed by atoms with E-state index in [1.54, 1.807) is 0 Å². The van der Waals surface area contributed by atoms with Crippen LogP contribution in [-0.4, -0.2) is 33.2 Å². The summed E-state index contributed by atoms with van der Waals surface area (Å²) in [5.74, 6) is -0.886. The van der Waals surface area contributed by atoms with Crippen molar-refractivity contribution in [3.8, 4) is 0 Å². The van der Waals surface area contributed by atoms with Gasteiger partial charge in [-0.2, -0.15) is 0 Å². The highest BCUT2D eigenvalue weighted by Crippen LogP contribution is 2.21. The number of carbonyl (C=O) groups excluding carboxylic acids is 1. The predicted molar refractivity (Wildman–Crippen MR) is 96.3 cm³/mol. The van der Waals surface area contributed by atoms with E-state index >= 15 is 0 Å². The van der Waals surface area contributed by atoms with Crippen molar-refractivity contribution in [3.05, 3.63) is 66.0 Å². The van der Waals surface area contributed by atoms with Gasteiger partial charge in [-0.1, -0.05) is 30.3 Å². The molecule has 0 saturated carbocycles. The maximum atomic E-state index is 13.1. The molecule has 1 N–H and O–H groups in total. The molecular weight excluding hydrogens is 343 g/mol. The van der Waals surface area contributed by atoms with Crippen LogP contribution in [0, 0.1) is 5.82 Å². The first-order valence-electron chi connectivity index (χ1n) is 7.85. The van der Waals surface area contributed by atoms with Crippen LogP contribution in [0.1, 0.15) is 12.5 Å². The minimum absolute atomic E-state index is 0.245. The molecule has 7 heteroatoms. The lowest BCUT2D eigenvalue weighted by Crippen LogP contribution is -2.48. The molecule has 2 aromatic carbocycles. The number of halogens is 1. The van der Waals surface area contributed by atoms with Gasteiger partial charge in [0.15, 0.2) is 0 Å². The van der Waals surface area contributed by atoms with Crippen molar-refractivity contribution in [2.45, 2.75) is 19.4 Å². The molecule has 0 heterocycles. The van der Waals surface area contributed by atoms with E-state index in [2.05, 4.69) is 5.32 Å². The summed E-state index contributed by atoms with van der Waals surface area (Å²) in [6, 6.07) is 13.7. The number of amides is 1. The summed E-state index contributed by atoms with van der Waals surface area (Å²) in [5, 5.41) is 2.75. The van der Waals surface area contributed by atoms with Crippen LogP contribution >= 0.6 is 0 Å². The summed E-state index contributed by atoms with van der Waals surface area (Å²) < 4.78 is 38.3. The van der Waals surface area contributed by atoms with E-state index in [1.807, 2.05) is 30.3 Å². The van der Waals surface area contributed by atoms with Crippen LogP contribution in [0.25, 0.3) is 0 Å². The van der Waals surface area contributed by atoms with Gasteiger partial charge in [0.05, 0.1) is 11.9 Å². The van der Waals surface area contributed by atoms with Gasteiger partial charge in [-0.25, -0.2) is 12.8 Å². The van der Waals surface area contributed by atoms with Gasteiger partial charge < -0.3 is 5.32 Å². The van der Waals surface area contributed by atoms with Crippen molar-refractivity contribution < 1.29 is 17.6 Å². The van der Waals surface area contributed by atoms with Gasteiger partial charge in [0.2, 0.25) is 15.9 Å². The van der Waals surface area contributed by atoms with Gasteiger partial charge in [-0.3, -0.25) is 9.10 Å². The number of hydrogen-bond acceptors (Lipinski definition) is 3. The zero-order valence-corrected chi connectivity index (χ0v) is 15.0. The molecule has 25 heavy (non-hydrogen) atoms. The number of nitrogens with one attached hydrogen (secondary N) is 1. The second kappa shape index (κ2) is 8.11. The summed E-state index contributed by atoms with van der Waals surface area (Å²) in [5.41, 5.74) is 1.32. The molecule has 1 amide bonds. The molecule has 0 radical (unpaired) electrons. The first-order valence-corrected chi connectivity index (χ1v) is 9.70. The van der Waals surface area contributed by atoms with E-state index in [4.69, 9.17) is 0 Å². The second-order valence-corrected chi connectivity index (χ2v) is 7.60. The number of hydrogen-bond donors (Lipinski definition) is 1. The lowest BCUT2D eigenvalue weighted by molar-refractivity contribution is -0.121. The minimum atomic E-state index is -3.70. The molecule has 0 bridgehead atoms. The third kappa shape index (κ3) is 5.29. The normalized spacial score (nSPS) is 12.4. The molecule has 0 aliphatic carbocycles. The fourth-order valence-electron chi connectivity index (χ4n) is 2.52. The molecule has 0 aromatic heterocycles. The molecule has 134 valence electrons. The first-order chi connectivity index (χ1) is 11.8. The Labute approximate surface area is 147 Å². The number of nitrogens with zero attached hydrogens (tertiary/aromatic N) is 1. The van der Waals surface area contributed by atoms with Crippen molar-refractivity contribution in [3.63, 3.8) is 0 Å². The molecule has 2 aromatic rings. The third-order valence-corrected chi connectivity index (χ3v) is 4.97. The quantitative estimate of drug-likeness (QED) is 0.820. The highest BCUT2D eigenvalue weighted by molar-refractivity contribution is 7.92. The molecule has 0 fully saturated rings. The first kappa shape index (κ1) is 18.9. The molecule has 0 spiro atoms. The zero-order valence-electron chi connectivity index (χ0n) is 14.1. The summed E-state index contributed by atoms with van der Waals surface area (Å²) in [4.78, 5) is 12.4. The van der Waals surface area contributed by atoms with Crippen molar-refractivity contribution in [1.82, 2.24) is 5.32 Å². The molecule has 0 saturated heterocycles. The van der Waals surface area contributed by atoms with E-state index in [9.17, 15) is 17.6 Å². The molecule has 1 atom stereocenters. The van der Waals surface area contributed by atoms with Crippen molar-refractivity contribution >= 4 is 21.6 Å². The van der Waals surface area contributed by atoms with Gasteiger partial charge in [0.1, 0.15) is 11.9 Å². The molecule has 5 nitrogen and oxygen atoms in total. The highest BCUT2D eigenvalue weighted by atomic mass is 32.2. The molecular formula is C18H21FN2O3S. The Morgan fingerprint density at radius 2 is 1.72 bits per heavy atom. The van der Waals surface area contributed by atoms with Crippen molar-refractivity contribution in [2.75, 3.05) is 17.1 Å². The Kier molecular flexibility index (Phi) is 6.14. The summed E-state index contributed by atoms with van der Waals surface area (Å²) >= 11 is 0. The molecule has 0 aliphatic heterocycles. The van der Waals surface area contributed by atoms with Gasteiger partial charge in [0, 0.05) is 6.54 Å². The smallest absolute Gasteiger partial charge is 0.243 e. The number of rotatable bonds is 7. The van der Waals surface area contributed by atoms with E-state index < -0.39 is 27.8 Å². The summed E-state index contributed by atoms with van der Waals surface area (Å²) in [6.07, 6.45) is 1.67. The topological polar surface area (TPSA) is 66.5 Å². The Bertz CT molecular complexity index is 808. The molecule has 0 unspecified atom stereocenters. The van der Waals surface area contributed by atoms with Crippen LogP contribution in [0.2, 0.25) is 0 Å². The van der Waals surface area contributed by atoms with Crippen molar-refractivity contribution in [2.24, 2.45) is 0 Å². The van der Waals surface area contributed by atoms with Gasteiger partial charge in [0.25, 0.3) is 0 Å². The standard InChI is InChI=1S/C18H21FN2O3S/c1-14(18(22)20-13-12-15-6-4-3-5-7-15)21(25(2,23)24)17-10-8-16(19)9-11-17/h3-11,14H,12-13H2,1-2H3,(H,20,22)/t14-/m0/s1.